The van der Waals surface area contributed by atoms with Crippen LogP contribution in [0.15, 0.2) is 35.5 Å². The van der Waals surface area contributed by atoms with Crippen LogP contribution in [-0.2, 0) is 14.8 Å². The van der Waals surface area contributed by atoms with Crippen molar-refractivity contribution in [2.45, 2.75) is 4.90 Å². The largest absolute Gasteiger partial charge is 0.378 e. The van der Waals surface area contributed by atoms with E-state index in [9.17, 15) is 17.2 Å². The standard InChI is InChI=1S/C16H19F2N5O3S/c17-13-2-1-12(9-14(13)18)27(24,25)22-4-3-19-15-10-16(21-11-20-15)23-5-7-26-8-6-23/h1-2,9-11,22H,3-8H2,(H,19,20,21). The molecule has 0 atom stereocenters. The topological polar surface area (TPSA) is 96.5 Å². The summed E-state index contributed by atoms with van der Waals surface area (Å²) in [6, 6.07) is 4.20. The molecule has 1 aliphatic rings. The van der Waals surface area contributed by atoms with Crippen molar-refractivity contribution in [3.05, 3.63) is 42.2 Å². The van der Waals surface area contributed by atoms with Gasteiger partial charge >= 0.3 is 0 Å². The SMILES string of the molecule is O=S(=O)(NCCNc1cc(N2CCOCC2)ncn1)c1ccc(F)c(F)c1. The maximum atomic E-state index is 13.2. The van der Waals surface area contributed by atoms with Crippen LogP contribution < -0.4 is 14.9 Å². The number of nitrogens with zero attached hydrogens (tertiary/aromatic N) is 3. The summed E-state index contributed by atoms with van der Waals surface area (Å²) in [5, 5.41) is 3.00. The lowest BCUT2D eigenvalue weighted by molar-refractivity contribution is 0.122. The third kappa shape index (κ3) is 5.08. The highest BCUT2D eigenvalue weighted by Gasteiger charge is 2.16. The average Bonchev–Trinajstić information content (AvgIpc) is 2.68. The number of anilines is 2. The van der Waals surface area contributed by atoms with E-state index in [1.807, 2.05) is 0 Å². The van der Waals surface area contributed by atoms with Crippen molar-refractivity contribution < 1.29 is 21.9 Å². The number of aromatic nitrogens is 2. The summed E-state index contributed by atoms with van der Waals surface area (Å²) in [6.45, 7) is 3.05. The van der Waals surface area contributed by atoms with Gasteiger partial charge in [0.25, 0.3) is 0 Å². The number of hydrogen-bond acceptors (Lipinski definition) is 7. The van der Waals surface area contributed by atoms with Crippen LogP contribution in [0.25, 0.3) is 0 Å². The Morgan fingerprint density at radius 1 is 1.07 bits per heavy atom. The zero-order valence-electron chi connectivity index (χ0n) is 14.4. The van der Waals surface area contributed by atoms with Crippen LogP contribution >= 0.6 is 0 Å². The molecule has 1 fully saturated rings. The summed E-state index contributed by atoms with van der Waals surface area (Å²) in [5.74, 6) is -1.00. The molecule has 1 aromatic heterocycles. The molecular weight excluding hydrogens is 380 g/mol. The van der Waals surface area contributed by atoms with E-state index in [2.05, 4.69) is 24.9 Å². The zero-order chi connectivity index (χ0) is 19.3. The Morgan fingerprint density at radius 2 is 1.85 bits per heavy atom. The van der Waals surface area contributed by atoms with E-state index < -0.39 is 21.7 Å². The molecule has 0 bridgehead atoms. The average molecular weight is 399 g/mol. The van der Waals surface area contributed by atoms with Gasteiger partial charge in [0.1, 0.15) is 18.0 Å². The molecule has 0 aliphatic carbocycles. The highest BCUT2D eigenvalue weighted by Crippen LogP contribution is 2.15. The molecule has 11 heteroatoms. The molecule has 0 spiro atoms. The van der Waals surface area contributed by atoms with Gasteiger partial charge < -0.3 is 15.0 Å². The van der Waals surface area contributed by atoms with Crippen LogP contribution in [0.4, 0.5) is 20.4 Å². The van der Waals surface area contributed by atoms with Gasteiger partial charge in [0.2, 0.25) is 10.0 Å². The molecule has 3 rings (SSSR count). The molecule has 0 saturated carbocycles. The summed E-state index contributed by atoms with van der Waals surface area (Å²) in [5.41, 5.74) is 0. The molecule has 2 N–H and O–H groups in total. The highest BCUT2D eigenvalue weighted by molar-refractivity contribution is 7.89. The second kappa shape index (κ2) is 8.55. The molecule has 0 amide bonds. The van der Waals surface area contributed by atoms with Crippen LogP contribution in [-0.4, -0.2) is 57.8 Å². The quantitative estimate of drug-likeness (QED) is 0.670. The highest BCUT2D eigenvalue weighted by atomic mass is 32.2. The van der Waals surface area contributed by atoms with Gasteiger partial charge in [-0.15, -0.1) is 0 Å². The smallest absolute Gasteiger partial charge is 0.240 e. The van der Waals surface area contributed by atoms with Crippen molar-refractivity contribution >= 4 is 21.7 Å². The predicted octanol–water partition coefficient (Wildman–Crippen LogP) is 0.982. The Kier molecular flexibility index (Phi) is 6.14. The van der Waals surface area contributed by atoms with E-state index in [-0.39, 0.29) is 18.0 Å². The lowest BCUT2D eigenvalue weighted by Gasteiger charge is -2.27. The normalized spacial score (nSPS) is 15.0. The van der Waals surface area contributed by atoms with Gasteiger partial charge in [-0.2, -0.15) is 0 Å². The lowest BCUT2D eigenvalue weighted by atomic mass is 10.3. The molecule has 2 heterocycles. The van der Waals surface area contributed by atoms with Gasteiger partial charge in [0, 0.05) is 32.2 Å². The van der Waals surface area contributed by atoms with E-state index in [0.717, 1.165) is 31.0 Å². The second-order valence-corrected chi connectivity index (χ2v) is 7.53. The number of halogens is 2. The third-order valence-electron chi connectivity index (χ3n) is 3.91. The van der Waals surface area contributed by atoms with E-state index in [1.54, 1.807) is 6.07 Å². The predicted molar refractivity (Wildman–Crippen MR) is 95.1 cm³/mol. The number of morpholine rings is 1. The minimum absolute atomic E-state index is 0.0399. The van der Waals surface area contributed by atoms with Gasteiger partial charge in [-0.25, -0.2) is 31.9 Å². The van der Waals surface area contributed by atoms with Gasteiger partial charge in [-0.1, -0.05) is 0 Å². The Labute approximate surface area is 155 Å². The van der Waals surface area contributed by atoms with Crippen LogP contribution in [0.1, 0.15) is 0 Å². The van der Waals surface area contributed by atoms with Crippen molar-refractivity contribution in [3.63, 3.8) is 0 Å². The summed E-state index contributed by atoms with van der Waals surface area (Å²) in [6.07, 6.45) is 1.43. The Morgan fingerprint density at radius 3 is 2.59 bits per heavy atom. The van der Waals surface area contributed by atoms with Crippen LogP contribution in [0.5, 0.6) is 0 Å². The van der Waals surface area contributed by atoms with Crippen LogP contribution in [0.3, 0.4) is 0 Å². The monoisotopic (exact) mass is 399 g/mol. The summed E-state index contributed by atoms with van der Waals surface area (Å²) >= 11 is 0. The van der Waals surface area contributed by atoms with E-state index in [4.69, 9.17) is 4.74 Å². The van der Waals surface area contributed by atoms with Crippen molar-refractivity contribution in [2.75, 3.05) is 49.6 Å². The van der Waals surface area contributed by atoms with E-state index in [0.29, 0.717) is 25.1 Å². The summed E-state index contributed by atoms with van der Waals surface area (Å²) in [7, 11) is -3.93. The number of ether oxygens (including phenoxy) is 1. The van der Waals surface area contributed by atoms with Crippen molar-refractivity contribution in [3.8, 4) is 0 Å². The van der Waals surface area contributed by atoms with Gasteiger partial charge in [0.05, 0.1) is 18.1 Å². The first-order chi connectivity index (χ1) is 13.0. The molecule has 1 saturated heterocycles. The van der Waals surface area contributed by atoms with E-state index in [1.165, 1.54) is 6.33 Å². The molecule has 0 radical (unpaired) electrons. The molecular formula is C16H19F2N5O3S. The maximum Gasteiger partial charge on any atom is 0.240 e. The van der Waals surface area contributed by atoms with E-state index >= 15 is 0 Å². The van der Waals surface area contributed by atoms with Crippen LogP contribution in [0, 0.1) is 11.6 Å². The number of nitrogens with one attached hydrogen (secondary N) is 2. The Hall–Kier alpha value is -2.37. The summed E-state index contributed by atoms with van der Waals surface area (Å²) < 4.78 is 57.9. The lowest BCUT2D eigenvalue weighted by Crippen LogP contribution is -2.36. The molecule has 27 heavy (non-hydrogen) atoms. The van der Waals surface area contributed by atoms with Gasteiger partial charge in [0.15, 0.2) is 11.6 Å². The van der Waals surface area contributed by atoms with Crippen molar-refractivity contribution in [1.82, 2.24) is 14.7 Å². The fourth-order valence-corrected chi connectivity index (χ4v) is 3.56. The summed E-state index contributed by atoms with van der Waals surface area (Å²) in [4.78, 5) is 10.1. The van der Waals surface area contributed by atoms with Crippen molar-refractivity contribution in [2.24, 2.45) is 0 Å². The van der Waals surface area contributed by atoms with Gasteiger partial charge in [-0.05, 0) is 18.2 Å². The maximum absolute atomic E-state index is 13.2. The third-order valence-corrected chi connectivity index (χ3v) is 5.37. The molecule has 1 aliphatic heterocycles. The van der Waals surface area contributed by atoms with Gasteiger partial charge in [-0.3, -0.25) is 0 Å². The zero-order valence-corrected chi connectivity index (χ0v) is 15.2. The molecule has 2 aromatic rings. The molecule has 1 aromatic carbocycles. The fraction of sp³-hybridized carbons (Fsp3) is 0.375. The first-order valence-corrected chi connectivity index (χ1v) is 9.77. The molecule has 0 unspecified atom stereocenters. The number of sulfonamides is 1. The fourth-order valence-electron chi connectivity index (χ4n) is 2.51. The minimum Gasteiger partial charge on any atom is -0.378 e. The van der Waals surface area contributed by atoms with Crippen LogP contribution in [0.2, 0.25) is 0 Å². The first-order valence-electron chi connectivity index (χ1n) is 8.29. The Balaban J connectivity index is 1.53. The van der Waals surface area contributed by atoms with Crippen molar-refractivity contribution in [1.29, 1.82) is 0 Å². The number of rotatable bonds is 7. The number of benzene rings is 1. The number of hydrogen-bond donors (Lipinski definition) is 2. The Bertz CT molecular complexity index is 891. The first kappa shape index (κ1) is 19.4. The minimum atomic E-state index is -3.93. The second-order valence-electron chi connectivity index (χ2n) is 5.76. The molecule has 8 nitrogen and oxygen atoms in total. The molecule has 146 valence electrons.